The van der Waals surface area contributed by atoms with Gasteiger partial charge in [-0.05, 0) is 64.8 Å². The van der Waals surface area contributed by atoms with Gasteiger partial charge in [-0.25, -0.2) is 14.3 Å². The number of hydrogen-bond acceptors (Lipinski definition) is 5. The standard InChI is InChI=1S/C17H15N3O2.C9H17NO2/c1-13-12-18-20(14-8-4-2-5-9-14)16(13)19-17(21)22-15-10-6-3-7-11-15;1-9(2,3)12-8(11)10-6-4-5-7-10/h2-12H,1H3,(H,19,21);4-7H2,1-3H3. The molecule has 1 N–H and O–H groups in total. The number of aryl methyl sites for hydroxylation is 1. The van der Waals surface area contributed by atoms with Crippen molar-refractivity contribution in [1.29, 1.82) is 0 Å². The Kier molecular flexibility index (Phi) is 8.29. The molecule has 2 heterocycles. The van der Waals surface area contributed by atoms with Gasteiger partial charge >= 0.3 is 12.2 Å². The zero-order valence-electron chi connectivity index (χ0n) is 20.2. The van der Waals surface area contributed by atoms with Crippen LogP contribution in [0.2, 0.25) is 0 Å². The molecule has 2 aromatic carbocycles. The average Bonchev–Trinajstić information content (AvgIpc) is 3.45. The third-order valence-electron chi connectivity index (χ3n) is 4.88. The summed E-state index contributed by atoms with van der Waals surface area (Å²) in [5, 5.41) is 7.04. The number of rotatable bonds is 3. The highest BCUT2D eigenvalue weighted by atomic mass is 16.6. The van der Waals surface area contributed by atoms with Crippen LogP contribution in [-0.2, 0) is 4.74 Å². The molecule has 34 heavy (non-hydrogen) atoms. The van der Waals surface area contributed by atoms with Crippen molar-refractivity contribution in [1.82, 2.24) is 14.7 Å². The van der Waals surface area contributed by atoms with Crippen LogP contribution in [0.1, 0.15) is 39.2 Å². The SMILES string of the molecule is CC(C)(C)OC(=O)N1CCCC1.Cc1cnn(-c2ccccc2)c1NC(=O)Oc1ccccc1. The van der Waals surface area contributed by atoms with E-state index in [0.29, 0.717) is 11.6 Å². The lowest BCUT2D eigenvalue weighted by Gasteiger charge is -2.23. The van der Waals surface area contributed by atoms with E-state index in [4.69, 9.17) is 9.47 Å². The Balaban J connectivity index is 0.000000229. The van der Waals surface area contributed by atoms with E-state index in [9.17, 15) is 9.59 Å². The minimum absolute atomic E-state index is 0.167. The van der Waals surface area contributed by atoms with E-state index in [1.54, 1.807) is 27.9 Å². The second kappa shape index (κ2) is 11.4. The molecule has 1 aromatic heterocycles. The second-order valence-electron chi connectivity index (χ2n) is 8.93. The van der Waals surface area contributed by atoms with E-state index in [-0.39, 0.29) is 11.7 Å². The van der Waals surface area contributed by atoms with Crippen LogP contribution < -0.4 is 10.1 Å². The lowest BCUT2D eigenvalue weighted by atomic mass is 10.2. The molecule has 0 saturated carbocycles. The number of nitrogens with one attached hydrogen (secondary N) is 1. The maximum atomic E-state index is 12.0. The number of carbonyl (C=O) groups is 2. The number of amides is 2. The summed E-state index contributed by atoms with van der Waals surface area (Å²) in [4.78, 5) is 25.2. The molecule has 2 amide bonds. The van der Waals surface area contributed by atoms with Gasteiger partial charge in [-0.3, -0.25) is 5.32 Å². The predicted molar refractivity (Wildman–Crippen MR) is 131 cm³/mol. The van der Waals surface area contributed by atoms with Gasteiger partial charge in [0.2, 0.25) is 0 Å². The van der Waals surface area contributed by atoms with Crippen LogP contribution in [0.3, 0.4) is 0 Å². The summed E-state index contributed by atoms with van der Waals surface area (Å²) in [7, 11) is 0. The van der Waals surface area contributed by atoms with Gasteiger partial charge < -0.3 is 14.4 Å². The molecule has 8 nitrogen and oxygen atoms in total. The van der Waals surface area contributed by atoms with E-state index < -0.39 is 6.09 Å². The van der Waals surface area contributed by atoms with Crippen molar-refractivity contribution in [3.8, 4) is 11.4 Å². The molecule has 3 aromatic rings. The summed E-state index contributed by atoms with van der Waals surface area (Å²) in [6.07, 6.45) is 3.20. The molecule has 8 heteroatoms. The predicted octanol–water partition coefficient (Wildman–Crippen LogP) is 5.81. The molecule has 0 spiro atoms. The van der Waals surface area contributed by atoms with Crippen LogP contribution in [0.15, 0.2) is 66.9 Å². The van der Waals surface area contributed by atoms with Gasteiger partial charge in [0.05, 0.1) is 11.9 Å². The molecule has 0 bridgehead atoms. The van der Waals surface area contributed by atoms with Gasteiger partial charge in [0.15, 0.2) is 0 Å². The molecule has 1 aliphatic heterocycles. The summed E-state index contributed by atoms with van der Waals surface area (Å²) < 4.78 is 12.1. The fourth-order valence-electron chi connectivity index (χ4n) is 3.29. The van der Waals surface area contributed by atoms with Crippen molar-refractivity contribution in [2.75, 3.05) is 18.4 Å². The zero-order chi connectivity index (χ0) is 24.6. The Hall–Kier alpha value is -3.81. The fourth-order valence-corrected chi connectivity index (χ4v) is 3.29. The van der Waals surface area contributed by atoms with Crippen molar-refractivity contribution in [2.45, 2.75) is 46.1 Å². The molecule has 1 saturated heterocycles. The molecular formula is C26H32N4O4. The highest BCUT2D eigenvalue weighted by Crippen LogP contribution is 2.20. The average molecular weight is 465 g/mol. The van der Waals surface area contributed by atoms with E-state index in [1.165, 1.54) is 0 Å². The first kappa shape index (κ1) is 24.8. The summed E-state index contributed by atoms with van der Waals surface area (Å²) in [6.45, 7) is 9.26. The third kappa shape index (κ3) is 7.37. The van der Waals surface area contributed by atoms with Crippen molar-refractivity contribution < 1.29 is 19.1 Å². The Morgan fingerprint density at radius 1 is 0.941 bits per heavy atom. The maximum Gasteiger partial charge on any atom is 0.418 e. The zero-order valence-corrected chi connectivity index (χ0v) is 20.2. The number of para-hydroxylation sites is 2. The van der Waals surface area contributed by atoms with E-state index >= 15 is 0 Å². The summed E-state index contributed by atoms with van der Waals surface area (Å²) in [5.41, 5.74) is 1.36. The molecule has 0 atom stereocenters. The normalized spacial score (nSPS) is 13.0. The molecule has 4 rings (SSSR count). The number of aromatic nitrogens is 2. The van der Waals surface area contributed by atoms with Gasteiger partial charge in [-0.1, -0.05) is 36.4 Å². The number of benzene rings is 2. The van der Waals surface area contributed by atoms with Gasteiger partial charge in [-0.2, -0.15) is 5.10 Å². The van der Waals surface area contributed by atoms with Crippen LogP contribution in [0.25, 0.3) is 5.69 Å². The minimum atomic E-state index is -0.549. The first-order chi connectivity index (χ1) is 16.2. The molecule has 0 aliphatic carbocycles. The monoisotopic (exact) mass is 464 g/mol. The van der Waals surface area contributed by atoms with Crippen molar-refractivity contribution in [3.05, 3.63) is 72.4 Å². The van der Waals surface area contributed by atoms with E-state index in [1.807, 2.05) is 76.2 Å². The minimum Gasteiger partial charge on any atom is -0.444 e. The topological polar surface area (TPSA) is 85.7 Å². The number of likely N-dealkylation sites (tertiary alicyclic amines) is 1. The van der Waals surface area contributed by atoms with Crippen LogP contribution in [-0.4, -0.2) is 45.6 Å². The fraction of sp³-hybridized carbons (Fsp3) is 0.346. The first-order valence-electron chi connectivity index (χ1n) is 11.3. The summed E-state index contributed by atoms with van der Waals surface area (Å²) in [6, 6.07) is 18.5. The van der Waals surface area contributed by atoms with Crippen molar-refractivity contribution >= 4 is 18.0 Å². The van der Waals surface area contributed by atoms with Crippen molar-refractivity contribution in [2.24, 2.45) is 0 Å². The van der Waals surface area contributed by atoms with E-state index in [0.717, 1.165) is 37.2 Å². The Bertz CT molecular complexity index is 1070. The summed E-state index contributed by atoms with van der Waals surface area (Å²) in [5.74, 6) is 1.08. The number of anilines is 1. The first-order valence-corrected chi connectivity index (χ1v) is 11.3. The smallest absolute Gasteiger partial charge is 0.418 e. The quantitative estimate of drug-likeness (QED) is 0.529. The third-order valence-corrected chi connectivity index (χ3v) is 4.88. The number of ether oxygens (including phenoxy) is 2. The van der Waals surface area contributed by atoms with Gasteiger partial charge in [0.25, 0.3) is 0 Å². The molecule has 1 fully saturated rings. The number of carbonyl (C=O) groups excluding carboxylic acids is 2. The molecular weight excluding hydrogens is 432 g/mol. The molecule has 0 radical (unpaired) electrons. The van der Waals surface area contributed by atoms with Crippen LogP contribution in [0.5, 0.6) is 5.75 Å². The van der Waals surface area contributed by atoms with Crippen LogP contribution >= 0.6 is 0 Å². The number of nitrogens with zero attached hydrogens (tertiary/aromatic N) is 3. The Morgan fingerprint density at radius 3 is 2.12 bits per heavy atom. The lowest BCUT2D eigenvalue weighted by Crippen LogP contribution is -2.34. The van der Waals surface area contributed by atoms with Crippen LogP contribution in [0, 0.1) is 6.92 Å². The number of hydrogen-bond donors (Lipinski definition) is 1. The van der Waals surface area contributed by atoms with Crippen molar-refractivity contribution in [3.63, 3.8) is 0 Å². The lowest BCUT2D eigenvalue weighted by molar-refractivity contribution is 0.0295. The maximum absolute atomic E-state index is 12.0. The van der Waals surface area contributed by atoms with Gasteiger partial charge in [-0.15, -0.1) is 0 Å². The Morgan fingerprint density at radius 2 is 1.53 bits per heavy atom. The highest BCUT2D eigenvalue weighted by molar-refractivity contribution is 5.86. The van der Waals surface area contributed by atoms with Gasteiger partial charge in [0.1, 0.15) is 17.2 Å². The molecule has 0 unspecified atom stereocenters. The highest BCUT2D eigenvalue weighted by Gasteiger charge is 2.23. The molecule has 180 valence electrons. The van der Waals surface area contributed by atoms with Crippen LogP contribution in [0.4, 0.5) is 15.4 Å². The Labute approximate surface area is 200 Å². The molecule has 1 aliphatic rings. The second-order valence-corrected chi connectivity index (χ2v) is 8.93. The van der Waals surface area contributed by atoms with E-state index in [2.05, 4.69) is 10.4 Å². The summed E-state index contributed by atoms with van der Waals surface area (Å²) >= 11 is 0. The van der Waals surface area contributed by atoms with Gasteiger partial charge in [0, 0.05) is 18.7 Å². The largest absolute Gasteiger partial charge is 0.444 e.